The molecule has 2 rings (SSSR count). The van der Waals surface area contributed by atoms with Crippen LogP contribution >= 0.6 is 11.6 Å². The van der Waals surface area contributed by atoms with Crippen LogP contribution in [0.2, 0.25) is 5.02 Å². The Hall–Kier alpha value is -2.09. The van der Waals surface area contributed by atoms with Crippen LogP contribution < -0.4 is 9.62 Å². The van der Waals surface area contributed by atoms with E-state index in [0.29, 0.717) is 23.9 Å². The molecule has 0 saturated carbocycles. The number of anilines is 1. The van der Waals surface area contributed by atoms with Crippen molar-refractivity contribution in [2.24, 2.45) is 0 Å². The van der Waals surface area contributed by atoms with E-state index in [9.17, 15) is 13.2 Å². The molecular weight excluding hydrogens is 388 g/mol. The minimum absolute atomic E-state index is 0.290. The second-order valence-corrected chi connectivity index (χ2v) is 8.41. The van der Waals surface area contributed by atoms with E-state index in [0.717, 1.165) is 21.7 Å². The van der Waals surface area contributed by atoms with Gasteiger partial charge in [-0.15, -0.1) is 0 Å². The van der Waals surface area contributed by atoms with Gasteiger partial charge in [-0.05, 0) is 30.2 Å². The Labute approximate surface area is 165 Å². The highest BCUT2D eigenvalue weighted by Gasteiger charge is 2.21. The van der Waals surface area contributed by atoms with Crippen LogP contribution in [-0.4, -0.2) is 40.3 Å². The smallest absolute Gasteiger partial charge is 0.240 e. The largest absolute Gasteiger partial charge is 0.375 e. The van der Waals surface area contributed by atoms with Gasteiger partial charge in [0.05, 0.1) is 25.2 Å². The number of hydrogen-bond donors (Lipinski definition) is 1. The lowest BCUT2D eigenvalue weighted by molar-refractivity contribution is -0.119. The first-order valence-corrected chi connectivity index (χ1v) is 10.6. The highest BCUT2D eigenvalue weighted by Crippen LogP contribution is 2.24. The van der Waals surface area contributed by atoms with Gasteiger partial charge in [0, 0.05) is 11.6 Å². The van der Waals surface area contributed by atoms with E-state index in [1.807, 2.05) is 37.3 Å². The van der Waals surface area contributed by atoms with E-state index in [4.69, 9.17) is 16.3 Å². The van der Waals surface area contributed by atoms with E-state index < -0.39 is 15.9 Å². The molecule has 2 aromatic rings. The quantitative estimate of drug-likeness (QED) is 0.645. The Balaban J connectivity index is 1.86. The van der Waals surface area contributed by atoms with E-state index >= 15 is 0 Å². The fraction of sp³-hybridized carbons (Fsp3) is 0.316. The third-order valence-electron chi connectivity index (χ3n) is 3.81. The lowest BCUT2D eigenvalue weighted by Crippen LogP contribution is -2.41. The molecule has 146 valence electrons. The fourth-order valence-corrected chi connectivity index (χ4v) is 3.37. The number of nitrogens with one attached hydrogen (secondary N) is 1. The molecule has 8 heteroatoms. The van der Waals surface area contributed by atoms with E-state index in [1.54, 1.807) is 12.1 Å². The number of carbonyl (C=O) groups excluding carboxylic acids is 1. The van der Waals surface area contributed by atoms with Gasteiger partial charge < -0.3 is 10.1 Å². The number of amides is 1. The molecule has 6 nitrogen and oxygen atoms in total. The average molecular weight is 411 g/mol. The summed E-state index contributed by atoms with van der Waals surface area (Å²) >= 11 is 6.07. The van der Waals surface area contributed by atoms with Crippen molar-refractivity contribution in [1.82, 2.24) is 5.32 Å². The van der Waals surface area contributed by atoms with Gasteiger partial charge in [-0.2, -0.15) is 0 Å². The molecule has 0 aliphatic rings. The number of hydrogen-bond acceptors (Lipinski definition) is 4. The van der Waals surface area contributed by atoms with Crippen LogP contribution in [0.25, 0.3) is 0 Å². The van der Waals surface area contributed by atoms with Crippen LogP contribution in [0.4, 0.5) is 5.69 Å². The van der Waals surface area contributed by atoms with Crippen molar-refractivity contribution >= 4 is 33.2 Å². The first-order chi connectivity index (χ1) is 12.8. The summed E-state index contributed by atoms with van der Waals surface area (Å²) in [5.41, 5.74) is 2.22. The molecule has 0 fully saturated rings. The predicted molar refractivity (Wildman–Crippen MR) is 107 cm³/mol. The van der Waals surface area contributed by atoms with Gasteiger partial charge in [-0.25, -0.2) is 8.42 Å². The molecule has 0 saturated heterocycles. The van der Waals surface area contributed by atoms with Crippen LogP contribution in [0.15, 0.2) is 48.5 Å². The van der Waals surface area contributed by atoms with Gasteiger partial charge in [0.15, 0.2) is 0 Å². The van der Waals surface area contributed by atoms with Crippen molar-refractivity contribution in [3.05, 3.63) is 64.7 Å². The van der Waals surface area contributed by atoms with Gasteiger partial charge in [0.25, 0.3) is 0 Å². The molecular formula is C19H23ClN2O4S. The normalized spacial score (nSPS) is 11.2. The second-order valence-electron chi connectivity index (χ2n) is 6.09. The standard InChI is InChI=1S/C19H23ClN2O4S/c1-15-8-9-17(12-18(15)20)22(27(2,24)25)13-19(23)21-10-11-26-14-16-6-4-3-5-7-16/h3-9,12H,10-11,13-14H2,1-2H3,(H,21,23). The van der Waals surface area contributed by atoms with Crippen LogP contribution in [0.5, 0.6) is 0 Å². The number of sulfonamides is 1. The van der Waals surface area contributed by atoms with Gasteiger partial charge in [-0.1, -0.05) is 48.0 Å². The molecule has 0 heterocycles. The number of carbonyl (C=O) groups is 1. The summed E-state index contributed by atoms with van der Waals surface area (Å²) in [5, 5.41) is 3.10. The molecule has 1 N–H and O–H groups in total. The third kappa shape index (κ3) is 6.86. The summed E-state index contributed by atoms with van der Waals surface area (Å²) in [7, 11) is -3.63. The number of rotatable bonds is 9. The zero-order chi connectivity index (χ0) is 19.9. The average Bonchev–Trinajstić information content (AvgIpc) is 2.62. The third-order valence-corrected chi connectivity index (χ3v) is 5.36. The Kier molecular flexibility index (Phi) is 7.65. The first-order valence-electron chi connectivity index (χ1n) is 8.39. The molecule has 27 heavy (non-hydrogen) atoms. The number of ether oxygens (including phenoxy) is 1. The molecule has 0 spiro atoms. The van der Waals surface area contributed by atoms with Crippen molar-refractivity contribution in [3.63, 3.8) is 0 Å². The lowest BCUT2D eigenvalue weighted by Gasteiger charge is -2.22. The number of aryl methyl sites for hydroxylation is 1. The summed E-state index contributed by atoms with van der Waals surface area (Å²) in [5.74, 6) is -0.416. The predicted octanol–water partition coefficient (Wildman–Crippen LogP) is 2.75. The fourth-order valence-electron chi connectivity index (χ4n) is 2.35. The second kappa shape index (κ2) is 9.73. The molecule has 2 aromatic carbocycles. The summed E-state index contributed by atoms with van der Waals surface area (Å²) in [6.07, 6.45) is 1.05. The minimum Gasteiger partial charge on any atom is -0.375 e. The van der Waals surface area contributed by atoms with Crippen LogP contribution in [-0.2, 0) is 26.2 Å². The molecule has 0 atom stereocenters. The van der Waals surface area contributed by atoms with E-state index in [1.165, 1.54) is 6.07 Å². The van der Waals surface area contributed by atoms with Crippen LogP contribution in [0.3, 0.4) is 0 Å². The summed E-state index contributed by atoms with van der Waals surface area (Å²) < 4.78 is 30.7. The van der Waals surface area contributed by atoms with Crippen molar-refractivity contribution < 1.29 is 17.9 Å². The van der Waals surface area contributed by atoms with E-state index in [2.05, 4.69) is 5.32 Å². The summed E-state index contributed by atoms with van der Waals surface area (Å²) in [6, 6.07) is 14.6. The van der Waals surface area contributed by atoms with Crippen LogP contribution in [0, 0.1) is 6.92 Å². The van der Waals surface area contributed by atoms with Crippen molar-refractivity contribution in [2.45, 2.75) is 13.5 Å². The lowest BCUT2D eigenvalue weighted by atomic mass is 10.2. The Bertz CT molecular complexity index is 873. The molecule has 0 aromatic heterocycles. The van der Waals surface area contributed by atoms with Crippen molar-refractivity contribution in [1.29, 1.82) is 0 Å². The van der Waals surface area contributed by atoms with Crippen LogP contribution in [0.1, 0.15) is 11.1 Å². The molecule has 0 bridgehead atoms. The number of benzene rings is 2. The van der Waals surface area contributed by atoms with E-state index in [-0.39, 0.29) is 13.1 Å². The molecule has 0 aliphatic carbocycles. The zero-order valence-corrected chi connectivity index (χ0v) is 16.9. The Morgan fingerprint density at radius 2 is 1.89 bits per heavy atom. The number of halogens is 1. The monoisotopic (exact) mass is 410 g/mol. The topological polar surface area (TPSA) is 75.7 Å². The molecule has 0 aliphatic heterocycles. The Morgan fingerprint density at radius 1 is 1.19 bits per heavy atom. The SMILES string of the molecule is Cc1ccc(N(CC(=O)NCCOCc2ccccc2)S(C)(=O)=O)cc1Cl. The maximum atomic E-state index is 12.2. The maximum Gasteiger partial charge on any atom is 0.240 e. The van der Waals surface area contributed by atoms with Gasteiger partial charge in [0.1, 0.15) is 6.54 Å². The van der Waals surface area contributed by atoms with Gasteiger partial charge in [0.2, 0.25) is 15.9 Å². The minimum atomic E-state index is -3.63. The molecule has 0 radical (unpaired) electrons. The summed E-state index contributed by atoms with van der Waals surface area (Å²) in [6.45, 7) is 2.57. The summed E-state index contributed by atoms with van der Waals surface area (Å²) in [4.78, 5) is 12.2. The molecule has 0 unspecified atom stereocenters. The Morgan fingerprint density at radius 3 is 2.52 bits per heavy atom. The van der Waals surface area contributed by atoms with Gasteiger partial charge in [-0.3, -0.25) is 9.10 Å². The first kappa shape index (κ1) is 21.2. The zero-order valence-electron chi connectivity index (χ0n) is 15.3. The highest BCUT2D eigenvalue weighted by atomic mass is 35.5. The number of nitrogens with zero attached hydrogens (tertiary/aromatic N) is 1. The van der Waals surface area contributed by atoms with Gasteiger partial charge >= 0.3 is 0 Å². The van der Waals surface area contributed by atoms with Crippen molar-refractivity contribution in [2.75, 3.05) is 30.3 Å². The van der Waals surface area contributed by atoms with Crippen molar-refractivity contribution in [3.8, 4) is 0 Å². The molecule has 1 amide bonds. The maximum absolute atomic E-state index is 12.2. The highest BCUT2D eigenvalue weighted by molar-refractivity contribution is 7.92.